The van der Waals surface area contributed by atoms with Crippen molar-refractivity contribution in [1.29, 1.82) is 0 Å². The van der Waals surface area contributed by atoms with Crippen LogP contribution in [0.15, 0.2) is 0 Å². The zero-order valence-corrected chi connectivity index (χ0v) is 10.1. The summed E-state index contributed by atoms with van der Waals surface area (Å²) in [6.45, 7) is 0. The molecule has 4 N–H and O–H groups in total. The van der Waals surface area contributed by atoms with Crippen molar-refractivity contribution in [3.05, 3.63) is 0 Å². The zero-order valence-electron chi connectivity index (χ0n) is 7.13. The SMILES string of the molecule is O=C(O)CC(O)(CC(=O)O)C(=O)O.[NaH].[NaH].[NaH].[Zn]. The molecule has 0 spiro atoms. The second-order valence-electron chi connectivity index (χ2n) is 2.48. The van der Waals surface area contributed by atoms with Crippen LogP contribution < -0.4 is 0 Å². The van der Waals surface area contributed by atoms with Crippen LogP contribution in [-0.4, -0.2) is 133 Å². The first-order valence-corrected chi connectivity index (χ1v) is 3.17. The summed E-state index contributed by atoms with van der Waals surface area (Å²) < 4.78 is 0. The number of hydrogen-bond donors (Lipinski definition) is 4. The van der Waals surface area contributed by atoms with E-state index in [0.717, 1.165) is 0 Å². The number of carboxylic acid groups (broad SMARTS) is 3. The summed E-state index contributed by atoms with van der Waals surface area (Å²) in [5.41, 5.74) is -2.74. The average molecular weight is 330 g/mol. The molecule has 0 saturated carbocycles. The number of aliphatic hydroxyl groups is 1. The van der Waals surface area contributed by atoms with Crippen LogP contribution in [0.4, 0.5) is 0 Å². The predicted octanol–water partition coefficient (Wildman–Crippen LogP) is -3.20. The first-order valence-electron chi connectivity index (χ1n) is 3.17. The van der Waals surface area contributed by atoms with Crippen molar-refractivity contribution in [1.82, 2.24) is 0 Å². The van der Waals surface area contributed by atoms with E-state index in [9.17, 15) is 14.4 Å². The minimum atomic E-state index is -2.74. The van der Waals surface area contributed by atoms with Gasteiger partial charge in [-0.15, -0.1) is 0 Å². The van der Waals surface area contributed by atoms with E-state index in [0.29, 0.717) is 0 Å². The van der Waals surface area contributed by atoms with Gasteiger partial charge in [-0.1, -0.05) is 0 Å². The molecule has 11 heteroatoms. The molecule has 0 aliphatic rings. The van der Waals surface area contributed by atoms with E-state index in [1.54, 1.807) is 0 Å². The van der Waals surface area contributed by atoms with Crippen LogP contribution in [0.25, 0.3) is 0 Å². The van der Waals surface area contributed by atoms with E-state index in [-0.39, 0.29) is 108 Å². The van der Waals surface area contributed by atoms with Gasteiger partial charge in [0.15, 0.2) is 5.60 Å². The fraction of sp³-hybridized carbons (Fsp3) is 0.500. The number of hydrogen-bond acceptors (Lipinski definition) is 4. The van der Waals surface area contributed by atoms with Crippen molar-refractivity contribution in [3.8, 4) is 0 Å². The molecule has 0 aromatic heterocycles. The third-order valence-corrected chi connectivity index (χ3v) is 1.29. The monoisotopic (exact) mass is 328 g/mol. The van der Waals surface area contributed by atoms with Crippen LogP contribution in [0.5, 0.6) is 0 Å². The third kappa shape index (κ3) is 14.2. The third-order valence-electron chi connectivity index (χ3n) is 1.29. The van der Waals surface area contributed by atoms with Crippen LogP contribution in [0.1, 0.15) is 12.8 Å². The smallest absolute Gasteiger partial charge is 0 e. The van der Waals surface area contributed by atoms with Gasteiger partial charge in [0.1, 0.15) is 0 Å². The largest absolute Gasteiger partial charge is 0 e. The zero-order chi connectivity index (χ0) is 10.6. The molecular formula is C6H11Na3O7Zn. The number of rotatable bonds is 5. The maximum absolute atomic E-state index is 10.3. The van der Waals surface area contributed by atoms with Gasteiger partial charge in [-0.25, -0.2) is 4.79 Å². The summed E-state index contributed by atoms with van der Waals surface area (Å²) in [7, 11) is 0. The van der Waals surface area contributed by atoms with Gasteiger partial charge in [0, 0.05) is 19.5 Å². The van der Waals surface area contributed by atoms with E-state index < -0.39 is 36.4 Å². The fourth-order valence-corrected chi connectivity index (χ4v) is 0.714. The van der Waals surface area contributed by atoms with Crippen LogP contribution in [0.3, 0.4) is 0 Å². The van der Waals surface area contributed by atoms with E-state index in [1.165, 1.54) is 0 Å². The van der Waals surface area contributed by atoms with E-state index in [1.807, 2.05) is 0 Å². The normalized spacial score (nSPS) is 8.29. The Morgan fingerprint density at radius 3 is 1.18 bits per heavy atom. The van der Waals surface area contributed by atoms with Gasteiger partial charge < -0.3 is 20.4 Å². The van der Waals surface area contributed by atoms with Crippen LogP contribution in [0.2, 0.25) is 0 Å². The van der Waals surface area contributed by atoms with E-state index >= 15 is 0 Å². The minimum Gasteiger partial charge on any atom is 0 e. The topological polar surface area (TPSA) is 132 Å². The summed E-state index contributed by atoms with van der Waals surface area (Å²) in [5, 5.41) is 33.8. The Hall–Kier alpha value is 1.99. The van der Waals surface area contributed by atoms with Crippen LogP contribution in [-0.2, 0) is 33.9 Å². The molecule has 0 aliphatic heterocycles. The van der Waals surface area contributed by atoms with Gasteiger partial charge in [-0.2, -0.15) is 0 Å². The van der Waals surface area contributed by atoms with Gasteiger partial charge in [-0.05, 0) is 0 Å². The average Bonchev–Trinajstić information content (AvgIpc) is 1.82. The van der Waals surface area contributed by atoms with Crippen molar-refractivity contribution >= 4 is 107 Å². The van der Waals surface area contributed by atoms with E-state index in [4.69, 9.17) is 20.4 Å². The standard InChI is InChI=1S/C6H8O7.3Na.Zn.3H/c7-3(8)1-6(13,5(11)12)2-4(9)10;;;;;;;/h13H,1-2H2,(H,7,8)(H,9,10)(H,11,12);;;;;;;. The molecule has 0 rings (SSSR count). The molecule has 0 aliphatic carbocycles. The molecule has 17 heavy (non-hydrogen) atoms. The maximum Gasteiger partial charge on any atom is 0 e. The molecule has 0 fully saturated rings. The van der Waals surface area contributed by atoms with Gasteiger partial charge in [0.25, 0.3) is 0 Å². The van der Waals surface area contributed by atoms with Gasteiger partial charge in [0.2, 0.25) is 0 Å². The number of aliphatic carboxylic acids is 3. The van der Waals surface area contributed by atoms with Crippen molar-refractivity contribution in [2.75, 3.05) is 0 Å². The maximum atomic E-state index is 10.3. The first-order chi connectivity index (χ1) is 5.78. The molecule has 0 aromatic rings. The summed E-state index contributed by atoms with van der Waals surface area (Å²) in [6.07, 6.45) is -2.29. The van der Waals surface area contributed by atoms with Gasteiger partial charge in [0.05, 0.1) is 12.8 Å². The number of carbonyl (C=O) groups is 3. The van der Waals surface area contributed by atoms with Crippen LogP contribution in [0, 0.1) is 0 Å². The molecule has 0 aromatic carbocycles. The molecule has 0 atom stereocenters. The fourth-order valence-electron chi connectivity index (χ4n) is 0.714. The first kappa shape index (κ1) is 31.4. The van der Waals surface area contributed by atoms with Gasteiger partial charge in [-0.3, -0.25) is 9.59 Å². The summed E-state index contributed by atoms with van der Waals surface area (Å²) in [4.78, 5) is 30.5. The Bertz CT molecular complexity index is 244. The Balaban J connectivity index is -0.000000120. The molecule has 0 saturated heterocycles. The van der Waals surface area contributed by atoms with Crippen molar-refractivity contribution in [2.45, 2.75) is 18.4 Å². The Labute approximate surface area is 176 Å². The minimum absolute atomic E-state index is 0. The molecule has 0 radical (unpaired) electrons. The summed E-state index contributed by atoms with van der Waals surface area (Å²) >= 11 is 0. The molecule has 7 nitrogen and oxygen atoms in total. The quantitative estimate of drug-likeness (QED) is 0.391. The molecular weight excluding hydrogens is 318 g/mol. The molecule has 0 unspecified atom stereocenters. The molecule has 0 bridgehead atoms. The number of carboxylic acids is 3. The van der Waals surface area contributed by atoms with Crippen molar-refractivity contribution < 1.29 is 54.3 Å². The molecule has 0 amide bonds. The summed E-state index contributed by atoms with van der Waals surface area (Å²) in [5.74, 6) is -5.02. The molecule has 82 valence electrons. The van der Waals surface area contributed by atoms with Crippen LogP contribution >= 0.6 is 0 Å². The van der Waals surface area contributed by atoms with Gasteiger partial charge >= 0.3 is 107 Å². The Morgan fingerprint density at radius 1 is 0.824 bits per heavy atom. The Kier molecular flexibility index (Phi) is 26.6. The molecule has 0 heterocycles. The van der Waals surface area contributed by atoms with E-state index in [2.05, 4.69) is 0 Å². The second kappa shape index (κ2) is 14.4. The second-order valence-corrected chi connectivity index (χ2v) is 2.48. The van der Waals surface area contributed by atoms with Crippen molar-refractivity contribution in [2.24, 2.45) is 0 Å². The van der Waals surface area contributed by atoms with Crippen molar-refractivity contribution in [3.63, 3.8) is 0 Å². The summed E-state index contributed by atoms with van der Waals surface area (Å²) in [6, 6.07) is 0. The predicted molar refractivity (Wildman–Crippen MR) is 58.5 cm³/mol. The Morgan fingerprint density at radius 2 is 1.06 bits per heavy atom.